The fraction of sp³-hybridized carbons (Fsp3) is 0.667. The molecule has 0 aliphatic rings. The number of unbranched alkanes of at least 4 members (excludes halogenated alkanes) is 1. The summed E-state index contributed by atoms with van der Waals surface area (Å²) in [6.45, 7) is 2.08. The van der Waals surface area contributed by atoms with Gasteiger partial charge in [-0.25, -0.2) is 4.79 Å². The predicted octanol–water partition coefficient (Wildman–Crippen LogP) is 2.45. The van der Waals surface area contributed by atoms with E-state index >= 15 is 0 Å². The Morgan fingerprint density at radius 2 is 2.44 bits per heavy atom. The highest BCUT2D eigenvalue weighted by Gasteiger charge is 1.97. The van der Waals surface area contributed by atoms with Crippen LogP contribution < -0.4 is 0 Å². The lowest BCUT2D eigenvalue weighted by molar-refractivity contribution is 0.212. The average molecular weight is 147 g/mol. The van der Waals surface area contributed by atoms with Crippen LogP contribution in [0.3, 0.4) is 0 Å². The van der Waals surface area contributed by atoms with E-state index in [0.29, 0.717) is 0 Å². The molecule has 1 radical (unpaired) electrons. The Balaban J connectivity index is 2.97. The smallest absolute Gasteiger partial charge is 0.367 e. The highest BCUT2D eigenvalue weighted by molar-refractivity contribution is 8.13. The summed E-state index contributed by atoms with van der Waals surface area (Å²) < 4.78 is 4.17. The number of thioether (sulfide) groups is 1. The molecule has 0 fully saturated rings. The maximum absolute atomic E-state index is 10.4. The number of ether oxygens (including phenoxy) is 1. The van der Waals surface area contributed by atoms with Gasteiger partial charge < -0.3 is 4.74 Å². The second-order valence-corrected chi connectivity index (χ2v) is 2.63. The quantitative estimate of drug-likeness (QED) is 0.453. The largest absolute Gasteiger partial charge is 0.454 e. The zero-order valence-corrected chi connectivity index (χ0v) is 6.37. The highest BCUT2D eigenvalue weighted by atomic mass is 32.2. The molecule has 3 heteroatoms. The number of carbonyl (C=O) groups is 1. The van der Waals surface area contributed by atoms with Crippen LogP contribution in [0.4, 0.5) is 4.79 Å². The Morgan fingerprint density at radius 1 is 1.78 bits per heavy atom. The molecule has 0 aromatic carbocycles. The van der Waals surface area contributed by atoms with Crippen molar-refractivity contribution in [1.82, 2.24) is 0 Å². The number of rotatable bonds is 3. The molecule has 0 saturated heterocycles. The summed E-state index contributed by atoms with van der Waals surface area (Å²) in [5.74, 6) is 0.838. The van der Waals surface area contributed by atoms with E-state index in [-0.39, 0.29) is 5.30 Å². The fourth-order valence-corrected chi connectivity index (χ4v) is 1.02. The Morgan fingerprint density at radius 3 is 2.89 bits per heavy atom. The first-order valence-electron chi connectivity index (χ1n) is 2.90. The maximum Gasteiger partial charge on any atom is 0.367 e. The van der Waals surface area contributed by atoms with E-state index in [1.54, 1.807) is 0 Å². The van der Waals surface area contributed by atoms with Gasteiger partial charge in [0.05, 0.1) is 0 Å². The SMILES string of the molecule is [CH2]OC(=O)SCCCC. The van der Waals surface area contributed by atoms with Crippen molar-refractivity contribution in [2.24, 2.45) is 0 Å². The molecule has 0 aromatic rings. The van der Waals surface area contributed by atoms with Crippen LogP contribution in [-0.2, 0) is 4.74 Å². The molecule has 0 saturated carbocycles. The molecule has 0 N–H and O–H groups in total. The van der Waals surface area contributed by atoms with Crippen LogP contribution in [0.1, 0.15) is 19.8 Å². The van der Waals surface area contributed by atoms with E-state index in [1.165, 1.54) is 11.8 Å². The summed E-state index contributed by atoms with van der Waals surface area (Å²) in [4.78, 5) is 10.4. The summed E-state index contributed by atoms with van der Waals surface area (Å²) in [5, 5.41) is -0.288. The Kier molecular flexibility index (Phi) is 5.83. The summed E-state index contributed by atoms with van der Waals surface area (Å²) in [7, 11) is 2.99. The average Bonchev–Trinajstić information content (AvgIpc) is 1.89. The van der Waals surface area contributed by atoms with E-state index in [2.05, 4.69) is 18.8 Å². The summed E-state index contributed by atoms with van der Waals surface area (Å²) in [5.41, 5.74) is 0. The van der Waals surface area contributed by atoms with Crippen molar-refractivity contribution in [3.8, 4) is 0 Å². The third kappa shape index (κ3) is 5.69. The van der Waals surface area contributed by atoms with Crippen LogP contribution in [0.5, 0.6) is 0 Å². The number of carbonyl (C=O) groups excluding carboxylic acids is 1. The summed E-state index contributed by atoms with van der Waals surface area (Å²) in [6, 6.07) is 0. The van der Waals surface area contributed by atoms with Crippen molar-refractivity contribution >= 4 is 17.1 Å². The van der Waals surface area contributed by atoms with Crippen LogP contribution in [0.25, 0.3) is 0 Å². The van der Waals surface area contributed by atoms with Gasteiger partial charge >= 0.3 is 5.30 Å². The molecule has 0 amide bonds. The van der Waals surface area contributed by atoms with Crippen molar-refractivity contribution in [1.29, 1.82) is 0 Å². The first kappa shape index (κ1) is 8.82. The number of hydrogen-bond donors (Lipinski definition) is 0. The van der Waals surface area contributed by atoms with E-state index in [4.69, 9.17) is 0 Å². The lowest BCUT2D eigenvalue weighted by atomic mass is 10.4. The van der Waals surface area contributed by atoms with E-state index in [9.17, 15) is 4.79 Å². The van der Waals surface area contributed by atoms with Gasteiger partial charge in [-0.15, -0.1) is 0 Å². The van der Waals surface area contributed by atoms with Crippen molar-refractivity contribution in [3.05, 3.63) is 7.11 Å². The molecule has 9 heavy (non-hydrogen) atoms. The topological polar surface area (TPSA) is 26.3 Å². The van der Waals surface area contributed by atoms with Gasteiger partial charge in [-0.2, -0.15) is 0 Å². The van der Waals surface area contributed by atoms with Gasteiger partial charge in [0.15, 0.2) is 0 Å². The monoisotopic (exact) mass is 147 g/mol. The predicted molar refractivity (Wildman–Crippen MR) is 39.2 cm³/mol. The third-order valence-electron chi connectivity index (χ3n) is 0.836. The molecule has 0 bridgehead atoms. The van der Waals surface area contributed by atoms with Crippen LogP contribution in [0, 0.1) is 7.11 Å². The lowest BCUT2D eigenvalue weighted by Gasteiger charge is -1.94. The molecule has 0 aromatic heterocycles. The Hall–Kier alpha value is -0.180. The van der Waals surface area contributed by atoms with Gasteiger partial charge in [0.2, 0.25) is 0 Å². The summed E-state index contributed by atoms with van der Waals surface area (Å²) in [6.07, 6.45) is 2.16. The minimum Gasteiger partial charge on any atom is -0.454 e. The molecule has 0 rings (SSSR count). The molecule has 0 spiro atoms. The lowest BCUT2D eigenvalue weighted by Crippen LogP contribution is -1.90. The maximum atomic E-state index is 10.4. The van der Waals surface area contributed by atoms with Crippen LogP contribution in [-0.4, -0.2) is 11.1 Å². The third-order valence-corrected chi connectivity index (χ3v) is 1.68. The van der Waals surface area contributed by atoms with Crippen LogP contribution in [0.2, 0.25) is 0 Å². The molecular formula is C6H11O2S. The summed E-state index contributed by atoms with van der Waals surface area (Å²) >= 11 is 1.18. The van der Waals surface area contributed by atoms with Gasteiger partial charge in [-0.1, -0.05) is 13.3 Å². The fourth-order valence-electron chi connectivity index (χ4n) is 0.342. The normalized spacial score (nSPS) is 9.11. The minimum atomic E-state index is -0.288. The van der Waals surface area contributed by atoms with Gasteiger partial charge in [0, 0.05) is 5.75 Å². The molecule has 53 valence electrons. The standard InChI is InChI=1S/C6H11O2S/c1-3-4-5-9-6(7)8-2/h2-5H2,1H3. The second kappa shape index (κ2) is 5.95. The van der Waals surface area contributed by atoms with Gasteiger partial charge in [0.1, 0.15) is 7.11 Å². The minimum absolute atomic E-state index is 0.288. The highest BCUT2D eigenvalue weighted by Crippen LogP contribution is 2.06. The zero-order chi connectivity index (χ0) is 7.11. The van der Waals surface area contributed by atoms with Crippen molar-refractivity contribution in [2.45, 2.75) is 19.8 Å². The molecule has 0 atom stereocenters. The van der Waals surface area contributed by atoms with Crippen LogP contribution >= 0.6 is 11.8 Å². The molecule has 0 unspecified atom stereocenters. The Bertz CT molecular complexity index is 83.1. The van der Waals surface area contributed by atoms with Crippen molar-refractivity contribution < 1.29 is 9.53 Å². The van der Waals surface area contributed by atoms with Gasteiger partial charge in [-0.3, -0.25) is 0 Å². The zero-order valence-electron chi connectivity index (χ0n) is 5.55. The second-order valence-electron chi connectivity index (χ2n) is 1.60. The van der Waals surface area contributed by atoms with Crippen molar-refractivity contribution in [3.63, 3.8) is 0 Å². The van der Waals surface area contributed by atoms with E-state index < -0.39 is 0 Å². The molecular weight excluding hydrogens is 136 g/mol. The molecule has 0 aliphatic heterocycles. The van der Waals surface area contributed by atoms with Crippen molar-refractivity contribution in [2.75, 3.05) is 5.75 Å². The van der Waals surface area contributed by atoms with Gasteiger partial charge in [0.25, 0.3) is 0 Å². The molecule has 0 heterocycles. The van der Waals surface area contributed by atoms with Crippen LogP contribution in [0.15, 0.2) is 0 Å². The van der Waals surface area contributed by atoms with Gasteiger partial charge in [-0.05, 0) is 18.2 Å². The first-order valence-corrected chi connectivity index (χ1v) is 3.88. The first-order chi connectivity index (χ1) is 4.31. The Labute approximate surface area is 60.0 Å². The van der Waals surface area contributed by atoms with E-state index in [1.807, 2.05) is 0 Å². The molecule has 0 aliphatic carbocycles. The number of hydrogen-bond acceptors (Lipinski definition) is 3. The van der Waals surface area contributed by atoms with E-state index in [0.717, 1.165) is 18.6 Å². The molecule has 2 nitrogen and oxygen atoms in total.